The summed E-state index contributed by atoms with van der Waals surface area (Å²) in [7, 11) is 0. The first-order valence-electron chi connectivity index (χ1n) is 11.8. The summed E-state index contributed by atoms with van der Waals surface area (Å²) in [6.07, 6.45) is 4.30. The highest BCUT2D eigenvalue weighted by Crippen LogP contribution is 2.68. The van der Waals surface area contributed by atoms with E-state index in [1.165, 1.54) is 13.8 Å². The number of ketones is 2. The maximum Gasteiger partial charge on any atom is 0.302 e. The van der Waals surface area contributed by atoms with Crippen LogP contribution in [-0.2, 0) is 28.7 Å². The van der Waals surface area contributed by atoms with Gasteiger partial charge in [0, 0.05) is 44.4 Å². The number of ether oxygens (including phenoxy) is 2. The molecule has 0 spiro atoms. The average molecular weight is 433 g/mol. The molecule has 6 heteroatoms. The van der Waals surface area contributed by atoms with Gasteiger partial charge in [0.15, 0.2) is 0 Å². The van der Waals surface area contributed by atoms with Gasteiger partial charge in [-0.1, -0.05) is 13.8 Å². The third-order valence-electron chi connectivity index (χ3n) is 9.51. The monoisotopic (exact) mass is 432 g/mol. The topological polar surface area (TPSA) is 86.7 Å². The summed E-state index contributed by atoms with van der Waals surface area (Å²) in [4.78, 5) is 49.0. The Morgan fingerprint density at radius 2 is 1.55 bits per heavy atom. The Balaban J connectivity index is 1.79. The van der Waals surface area contributed by atoms with E-state index in [0.717, 1.165) is 19.3 Å². The largest absolute Gasteiger partial charge is 0.462 e. The van der Waals surface area contributed by atoms with Crippen LogP contribution < -0.4 is 0 Å². The Morgan fingerprint density at radius 1 is 0.903 bits per heavy atom. The molecule has 4 saturated carbocycles. The fourth-order valence-corrected chi connectivity index (χ4v) is 8.49. The number of carbonyl (C=O) groups is 4. The van der Waals surface area contributed by atoms with Gasteiger partial charge in [-0.2, -0.15) is 0 Å². The molecule has 4 aliphatic carbocycles. The van der Waals surface area contributed by atoms with Crippen LogP contribution in [0.3, 0.4) is 0 Å². The summed E-state index contributed by atoms with van der Waals surface area (Å²) in [5.74, 6) is 0.394. The van der Waals surface area contributed by atoms with Crippen LogP contribution in [-0.4, -0.2) is 35.7 Å². The highest BCUT2D eigenvalue weighted by molar-refractivity contribution is 5.80. The first kappa shape index (κ1) is 22.5. The van der Waals surface area contributed by atoms with Crippen LogP contribution in [0.2, 0.25) is 0 Å². The van der Waals surface area contributed by atoms with Gasteiger partial charge in [-0.25, -0.2) is 0 Å². The number of Topliss-reactive ketones (excluding diaryl/α,β-unsaturated/α-hetero) is 2. The van der Waals surface area contributed by atoms with Crippen molar-refractivity contribution in [1.82, 2.24) is 0 Å². The van der Waals surface area contributed by atoms with Crippen molar-refractivity contribution in [3.63, 3.8) is 0 Å². The SMILES string of the molecule is CC(=O)OC1CC2C3CCC(C(C)=O)C3(C)CC(OC(C)=O)C2C2(C)CCC(=O)CC12. The lowest BCUT2D eigenvalue weighted by Crippen LogP contribution is -2.63. The lowest BCUT2D eigenvalue weighted by Gasteiger charge is -2.63. The van der Waals surface area contributed by atoms with E-state index in [9.17, 15) is 19.2 Å². The molecule has 0 heterocycles. The van der Waals surface area contributed by atoms with Gasteiger partial charge < -0.3 is 9.47 Å². The molecule has 0 aliphatic heterocycles. The van der Waals surface area contributed by atoms with Gasteiger partial charge in [-0.05, 0) is 61.7 Å². The standard InChI is InChI=1S/C25H36O6/c1-13(26)18-6-7-19-17-11-21(30-14(2)27)20-10-16(29)8-9-24(20,4)23(17)22(31-15(3)28)12-25(18,19)5/h17-23H,6-12H2,1-5H3. The predicted octanol–water partition coefficient (Wildman–Crippen LogP) is 3.89. The summed E-state index contributed by atoms with van der Waals surface area (Å²) in [6, 6.07) is 0. The molecule has 4 fully saturated rings. The minimum atomic E-state index is -0.313. The van der Waals surface area contributed by atoms with Crippen molar-refractivity contribution in [3.05, 3.63) is 0 Å². The average Bonchev–Trinajstić information content (AvgIpc) is 2.99. The first-order valence-corrected chi connectivity index (χ1v) is 11.8. The van der Waals surface area contributed by atoms with Gasteiger partial charge in [-0.15, -0.1) is 0 Å². The summed E-state index contributed by atoms with van der Waals surface area (Å²) in [6.45, 7) is 8.98. The molecule has 0 bridgehead atoms. The second kappa shape index (κ2) is 7.70. The van der Waals surface area contributed by atoms with Crippen molar-refractivity contribution in [2.75, 3.05) is 0 Å². The van der Waals surface area contributed by atoms with E-state index >= 15 is 0 Å². The lowest BCUT2D eigenvalue weighted by molar-refractivity contribution is -0.216. The molecule has 0 saturated heterocycles. The Kier molecular flexibility index (Phi) is 5.58. The highest BCUT2D eigenvalue weighted by Gasteiger charge is 2.66. The fraction of sp³-hybridized carbons (Fsp3) is 0.840. The van der Waals surface area contributed by atoms with Crippen molar-refractivity contribution >= 4 is 23.5 Å². The van der Waals surface area contributed by atoms with E-state index in [2.05, 4.69) is 13.8 Å². The number of hydrogen-bond donors (Lipinski definition) is 0. The quantitative estimate of drug-likeness (QED) is 0.629. The third-order valence-corrected chi connectivity index (χ3v) is 9.51. The molecule has 6 nitrogen and oxygen atoms in total. The van der Waals surface area contributed by atoms with Gasteiger partial charge >= 0.3 is 11.9 Å². The normalized spacial score (nSPS) is 46.4. The Morgan fingerprint density at radius 3 is 2.16 bits per heavy atom. The van der Waals surface area contributed by atoms with E-state index in [0.29, 0.717) is 31.6 Å². The van der Waals surface area contributed by atoms with Crippen molar-refractivity contribution < 1.29 is 28.7 Å². The predicted molar refractivity (Wildman–Crippen MR) is 113 cm³/mol. The zero-order valence-electron chi connectivity index (χ0n) is 19.4. The summed E-state index contributed by atoms with van der Waals surface area (Å²) in [5.41, 5.74) is -0.464. The third kappa shape index (κ3) is 3.54. The zero-order chi connectivity index (χ0) is 22.7. The van der Waals surface area contributed by atoms with Gasteiger partial charge in [0.05, 0.1) is 0 Å². The molecule has 0 aromatic carbocycles. The van der Waals surface area contributed by atoms with E-state index in [4.69, 9.17) is 9.47 Å². The van der Waals surface area contributed by atoms with E-state index in [1.54, 1.807) is 6.92 Å². The molecular weight excluding hydrogens is 396 g/mol. The molecule has 4 rings (SSSR count). The lowest BCUT2D eigenvalue weighted by atomic mass is 9.43. The minimum absolute atomic E-state index is 0.0258. The molecule has 31 heavy (non-hydrogen) atoms. The molecule has 0 aromatic heterocycles. The summed E-state index contributed by atoms with van der Waals surface area (Å²) in [5, 5.41) is 0. The first-order chi connectivity index (χ1) is 14.5. The molecule has 9 unspecified atom stereocenters. The number of hydrogen-bond acceptors (Lipinski definition) is 6. The number of esters is 2. The van der Waals surface area contributed by atoms with Gasteiger partial charge in [-0.3, -0.25) is 19.2 Å². The molecule has 9 atom stereocenters. The molecule has 0 amide bonds. The Labute approximate surface area is 184 Å². The molecule has 4 aliphatic rings. The molecule has 0 aromatic rings. The second-order valence-corrected chi connectivity index (χ2v) is 11.1. The zero-order valence-corrected chi connectivity index (χ0v) is 19.4. The Bertz CT molecular complexity index is 804. The van der Waals surface area contributed by atoms with Crippen molar-refractivity contribution in [1.29, 1.82) is 0 Å². The van der Waals surface area contributed by atoms with Gasteiger partial charge in [0.25, 0.3) is 0 Å². The number of rotatable bonds is 3. The van der Waals surface area contributed by atoms with Gasteiger partial charge in [0.2, 0.25) is 0 Å². The van der Waals surface area contributed by atoms with Crippen molar-refractivity contribution in [2.45, 2.75) is 91.8 Å². The minimum Gasteiger partial charge on any atom is -0.462 e. The molecule has 0 radical (unpaired) electrons. The van der Waals surface area contributed by atoms with Crippen LogP contribution in [0.5, 0.6) is 0 Å². The molecule has 172 valence electrons. The molecular formula is C25H36O6. The van der Waals surface area contributed by atoms with E-state index in [-0.39, 0.29) is 70.2 Å². The van der Waals surface area contributed by atoms with Crippen LogP contribution in [0.15, 0.2) is 0 Å². The highest BCUT2D eigenvalue weighted by atomic mass is 16.5. The fourth-order valence-electron chi connectivity index (χ4n) is 8.49. The summed E-state index contributed by atoms with van der Waals surface area (Å²) < 4.78 is 11.8. The van der Waals surface area contributed by atoms with E-state index < -0.39 is 0 Å². The van der Waals surface area contributed by atoms with Crippen LogP contribution in [0, 0.1) is 40.4 Å². The second-order valence-electron chi connectivity index (χ2n) is 11.1. The van der Waals surface area contributed by atoms with Crippen LogP contribution in [0.1, 0.15) is 79.6 Å². The van der Waals surface area contributed by atoms with Crippen LogP contribution >= 0.6 is 0 Å². The van der Waals surface area contributed by atoms with Crippen LogP contribution in [0.25, 0.3) is 0 Å². The Hall–Kier alpha value is -1.72. The smallest absolute Gasteiger partial charge is 0.302 e. The maximum absolute atomic E-state index is 12.5. The summed E-state index contributed by atoms with van der Waals surface area (Å²) >= 11 is 0. The number of fused-ring (bicyclic) bond motifs is 5. The maximum atomic E-state index is 12.5. The molecule has 0 N–H and O–H groups in total. The van der Waals surface area contributed by atoms with Crippen LogP contribution in [0.4, 0.5) is 0 Å². The van der Waals surface area contributed by atoms with E-state index in [1.807, 2.05) is 0 Å². The van der Waals surface area contributed by atoms with Crippen molar-refractivity contribution in [3.8, 4) is 0 Å². The van der Waals surface area contributed by atoms with Crippen molar-refractivity contribution in [2.24, 2.45) is 40.4 Å². The number of carbonyl (C=O) groups excluding carboxylic acids is 4. The van der Waals surface area contributed by atoms with Gasteiger partial charge in [0.1, 0.15) is 23.8 Å².